The Hall–Kier alpha value is -2.70. The van der Waals surface area contributed by atoms with Gasteiger partial charge in [-0.05, 0) is 38.7 Å². The summed E-state index contributed by atoms with van der Waals surface area (Å²) in [5.41, 5.74) is 1.91. The Bertz CT molecular complexity index is 1220. The van der Waals surface area contributed by atoms with Gasteiger partial charge in [-0.25, -0.2) is 8.42 Å². The van der Waals surface area contributed by atoms with Crippen LogP contribution in [0.1, 0.15) is 43.0 Å². The highest BCUT2D eigenvalue weighted by Gasteiger charge is 2.41. The number of rotatable bonds is 4. The molecule has 5 rings (SSSR count). The van der Waals surface area contributed by atoms with E-state index in [0.29, 0.717) is 44.8 Å². The minimum Gasteiger partial charge on any atom is -0.370 e. The number of aromatic nitrogens is 1. The van der Waals surface area contributed by atoms with Gasteiger partial charge in [0.05, 0.1) is 33.5 Å². The number of benzene rings is 1. The molecule has 0 N–H and O–H groups in total. The SMILES string of the molecule is CC1(C#N)CCN(c2c(C(=O)N3CCN(S(=O)(=O)C4CC4)CC3)cnc3ccccc23)CC1. The van der Waals surface area contributed by atoms with Crippen LogP contribution in [0, 0.1) is 16.7 Å². The van der Waals surface area contributed by atoms with Crippen molar-refractivity contribution >= 4 is 32.5 Å². The molecule has 2 saturated heterocycles. The van der Waals surface area contributed by atoms with Crippen LogP contribution in [0.2, 0.25) is 0 Å². The van der Waals surface area contributed by atoms with E-state index in [9.17, 15) is 18.5 Å². The molecular weight excluding hydrogens is 438 g/mol. The fourth-order valence-corrected chi connectivity index (χ4v) is 6.68. The van der Waals surface area contributed by atoms with Gasteiger partial charge in [0, 0.05) is 50.9 Å². The van der Waals surface area contributed by atoms with Crippen molar-refractivity contribution in [2.24, 2.45) is 5.41 Å². The predicted molar refractivity (Wildman–Crippen MR) is 126 cm³/mol. The highest BCUT2D eigenvalue weighted by molar-refractivity contribution is 7.90. The topological polar surface area (TPSA) is 97.6 Å². The van der Waals surface area contributed by atoms with Gasteiger partial charge in [0.1, 0.15) is 0 Å². The van der Waals surface area contributed by atoms with Crippen LogP contribution in [-0.4, -0.2) is 73.0 Å². The molecule has 9 heteroatoms. The third kappa shape index (κ3) is 4.06. The van der Waals surface area contributed by atoms with Crippen LogP contribution in [0.3, 0.4) is 0 Å². The van der Waals surface area contributed by atoms with Crippen molar-refractivity contribution in [2.45, 2.75) is 37.9 Å². The van der Waals surface area contributed by atoms with Gasteiger partial charge in [-0.1, -0.05) is 18.2 Å². The van der Waals surface area contributed by atoms with E-state index in [1.165, 1.54) is 0 Å². The minimum absolute atomic E-state index is 0.111. The number of carbonyl (C=O) groups is 1. The monoisotopic (exact) mass is 467 g/mol. The van der Waals surface area contributed by atoms with Crippen LogP contribution in [-0.2, 0) is 10.0 Å². The van der Waals surface area contributed by atoms with Crippen molar-refractivity contribution in [3.8, 4) is 6.07 Å². The van der Waals surface area contributed by atoms with Gasteiger partial charge in [-0.15, -0.1) is 0 Å². The molecule has 1 amide bonds. The second-order valence-corrected chi connectivity index (χ2v) is 11.8. The molecule has 0 atom stereocenters. The number of hydrogen-bond donors (Lipinski definition) is 0. The van der Waals surface area contributed by atoms with Crippen LogP contribution in [0.5, 0.6) is 0 Å². The molecule has 0 unspecified atom stereocenters. The summed E-state index contributed by atoms with van der Waals surface area (Å²) >= 11 is 0. The van der Waals surface area contributed by atoms with Gasteiger partial charge in [-0.2, -0.15) is 9.57 Å². The molecule has 0 radical (unpaired) electrons. The molecule has 1 aromatic carbocycles. The average molecular weight is 468 g/mol. The fraction of sp³-hybridized carbons (Fsp3) is 0.542. The van der Waals surface area contributed by atoms with Crippen molar-refractivity contribution < 1.29 is 13.2 Å². The molecule has 2 aliphatic heterocycles. The molecule has 0 spiro atoms. The number of para-hydroxylation sites is 1. The van der Waals surface area contributed by atoms with Crippen LogP contribution in [0.15, 0.2) is 30.5 Å². The van der Waals surface area contributed by atoms with Gasteiger partial charge in [0.15, 0.2) is 0 Å². The highest BCUT2D eigenvalue weighted by Crippen LogP contribution is 2.37. The van der Waals surface area contributed by atoms with Crippen molar-refractivity contribution in [2.75, 3.05) is 44.2 Å². The predicted octanol–water partition coefficient (Wildman–Crippen LogP) is 2.61. The third-order valence-corrected chi connectivity index (χ3v) is 9.66. The van der Waals surface area contributed by atoms with Gasteiger partial charge >= 0.3 is 0 Å². The summed E-state index contributed by atoms with van der Waals surface area (Å²) in [4.78, 5) is 22.1. The molecule has 1 saturated carbocycles. The molecule has 1 aromatic heterocycles. The van der Waals surface area contributed by atoms with Gasteiger partial charge in [-0.3, -0.25) is 9.78 Å². The van der Waals surface area contributed by atoms with E-state index in [2.05, 4.69) is 16.0 Å². The summed E-state index contributed by atoms with van der Waals surface area (Å²) in [5.74, 6) is -0.111. The van der Waals surface area contributed by atoms with E-state index in [1.54, 1.807) is 15.4 Å². The number of fused-ring (bicyclic) bond motifs is 1. The molecule has 0 bridgehead atoms. The molecule has 8 nitrogen and oxygen atoms in total. The number of carbonyl (C=O) groups excluding carboxylic acids is 1. The number of sulfonamides is 1. The number of piperidine rings is 1. The maximum atomic E-state index is 13.6. The van der Waals surface area contributed by atoms with Gasteiger partial charge in [0.2, 0.25) is 10.0 Å². The maximum absolute atomic E-state index is 13.6. The van der Waals surface area contributed by atoms with Crippen molar-refractivity contribution in [3.05, 3.63) is 36.0 Å². The van der Waals surface area contributed by atoms with E-state index >= 15 is 0 Å². The fourth-order valence-electron chi connectivity index (χ4n) is 4.85. The number of piperazine rings is 1. The minimum atomic E-state index is -3.22. The Morgan fingerprint density at radius 2 is 1.76 bits per heavy atom. The third-order valence-electron chi connectivity index (χ3n) is 7.26. The first kappa shape index (κ1) is 22.1. The molecule has 3 heterocycles. The standard InChI is InChI=1S/C24H29N5O3S/c1-24(17-25)8-10-27(11-9-24)22-19-4-2-3-5-21(19)26-16-20(22)23(30)28-12-14-29(15-13-28)33(31,32)18-6-7-18/h2-5,16,18H,6-15H2,1H3. The maximum Gasteiger partial charge on any atom is 0.257 e. The zero-order chi connectivity index (χ0) is 23.2. The van der Waals surface area contributed by atoms with Crippen molar-refractivity contribution in [3.63, 3.8) is 0 Å². The zero-order valence-corrected chi connectivity index (χ0v) is 19.7. The quantitative estimate of drug-likeness (QED) is 0.686. The molecule has 3 fully saturated rings. The number of anilines is 1. The second kappa shape index (κ2) is 8.26. The van der Waals surface area contributed by atoms with Crippen LogP contribution in [0.4, 0.5) is 5.69 Å². The van der Waals surface area contributed by atoms with Crippen molar-refractivity contribution in [1.82, 2.24) is 14.2 Å². The Morgan fingerprint density at radius 3 is 2.39 bits per heavy atom. The normalized spacial score (nSPS) is 21.7. The second-order valence-electron chi connectivity index (χ2n) is 9.63. The summed E-state index contributed by atoms with van der Waals surface area (Å²) in [6.45, 7) is 4.83. The Balaban J connectivity index is 1.42. The van der Waals surface area contributed by atoms with Crippen LogP contribution < -0.4 is 4.90 Å². The van der Waals surface area contributed by atoms with Crippen molar-refractivity contribution in [1.29, 1.82) is 5.26 Å². The molecular formula is C24H29N5O3S. The molecule has 33 heavy (non-hydrogen) atoms. The lowest BCUT2D eigenvalue weighted by Crippen LogP contribution is -2.51. The zero-order valence-electron chi connectivity index (χ0n) is 18.9. The lowest BCUT2D eigenvalue weighted by Gasteiger charge is -2.38. The molecule has 3 aliphatic rings. The molecule has 1 aliphatic carbocycles. The lowest BCUT2D eigenvalue weighted by molar-refractivity contribution is 0.0698. The highest BCUT2D eigenvalue weighted by atomic mass is 32.2. The van der Waals surface area contributed by atoms with E-state index in [0.717, 1.165) is 42.3 Å². The van der Waals surface area contributed by atoms with Crippen LogP contribution in [0.25, 0.3) is 10.9 Å². The van der Waals surface area contributed by atoms with Gasteiger partial charge in [0.25, 0.3) is 5.91 Å². The first-order valence-electron chi connectivity index (χ1n) is 11.6. The summed E-state index contributed by atoms with van der Waals surface area (Å²) in [5, 5.41) is 10.2. The Labute approximate surface area is 194 Å². The van der Waals surface area contributed by atoms with E-state index in [4.69, 9.17) is 0 Å². The Morgan fingerprint density at radius 1 is 1.09 bits per heavy atom. The number of amides is 1. The Kier molecular flexibility index (Phi) is 5.53. The summed E-state index contributed by atoms with van der Waals surface area (Å²) in [6, 6.07) is 10.3. The summed E-state index contributed by atoms with van der Waals surface area (Å²) in [7, 11) is -3.22. The number of nitriles is 1. The lowest BCUT2D eigenvalue weighted by atomic mass is 9.81. The van der Waals surface area contributed by atoms with E-state index < -0.39 is 10.0 Å². The first-order valence-corrected chi connectivity index (χ1v) is 13.1. The smallest absolute Gasteiger partial charge is 0.257 e. The number of nitrogens with zero attached hydrogens (tertiary/aromatic N) is 5. The van der Waals surface area contributed by atoms with E-state index in [-0.39, 0.29) is 16.6 Å². The van der Waals surface area contributed by atoms with Crippen LogP contribution >= 0.6 is 0 Å². The largest absolute Gasteiger partial charge is 0.370 e. The number of pyridine rings is 1. The van der Waals surface area contributed by atoms with Gasteiger partial charge < -0.3 is 9.80 Å². The van der Waals surface area contributed by atoms with E-state index in [1.807, 2.05) is 31.2 Å². The number of hydrogen-bond acceptors (Lipinski definition) is 6. The summed E-state index contributed by atoms with van der Waals surface area (Å²) < 4.78 is 26.7. The average Bonchev–Trinajstić information content (AvgIpc) is 3.70. The summed E-state index contributed by atoms with van der Waals surface area (Å²) in [6.07, 6.45) is 4.63. The first-order chi connectivity index (χ1) is 15.8. The molecule has 2 aromatic rings. The molecule has 174 valence electrons.